The van der Waals surface area contributed by atoms with Crippen LogP contribution in [0.3, 0.4) is 0 Å². The average Bonchev–Trinajstić information content (AvgIpc) is 2.07. The van der Waals surface area contributed by atoms with Gasteiger partial charge < -0.3 is 5.73 Å². The topological polar surface area (TPSA) is 97.5 Å². The van der Waals surface area contributed by atoms with Crippen LogP contribution in [-0.4, -0.2) is 19.3 Å². The molecule has 0 aromatic heterocycles. The van der Waals surface area contributed by atoms with Crippen molar-refractivity contribution in [2.75, 3.05) is 5.73 Å². The maximum Gasteiger partial charge on any atom is 0.279 e. The van der Waals surface area contributed by atoms with E-state index in [1.165, 1.54) is 30.6 Å². The van der Waals surface area contributed by atoms with Crippen LogP contribution in [0.4, 0.5) is 5.69 Å². The first-order valence-corrected chi connectivity index (χ1v) is 5.15. The van der Waals surface area contributed by atoms with Crippen LogP contribution in [0.15, 0.2) is 24.3 Å². The van der Waals surface area contributed by atoms with Gasteiger partial charge in [0.25, 0.3) is 10.1 Å². The number of rotatable bonds is 3. The maximum absolute atomic E-state index is 10.7. The Morgan fingerprint density at radius 1 is 1.29 bits per heavy atom. The van der Waals surface area contributed by atoms with Crippen molar-refractivity contribution in [2.45, 2.75) is 5.25 Å². The number of hydrogen-bond acceptors (Lipinski definition) is 4. The van der Waals surface area contributed by atoms with Gasteiger partial charge in [-0.05, 0) is 17.7 Å². The fourth-order valence-corrected chi connectivity index (χ4v) is 1.59. The lowest BCUT2D eigenvalue weighted by molar-refractivity contribution is 0.474. The Labute approximate surface area is 81.3 Å². The predicted molar refractivity (Wildman–Crippen MR) is 50.8 cm³/mol. The lowest BCUT2D eigenvalue weighted by Crippen LogP contribution is -2.13. The second-order valence-corrected chi connectivity index (χ2v) is 4.18. The zero-order valence-corrected chi connectivity index (χ0v) is 7.86. The molecule has 0 heterocycles. The Bertz CT molecular complexity index is 423. The van der Waals surface area contributed by atoms with E-state index in [1.807, 2.05) is 0 Å². The molecule has 1 atom stereocenters. The van der Waals surface area contributed by atoms with Crippen LogP contribution >= 0.6 is 0 Å². The van der Waals surface area contributed by atoms with E-state index in [1.54, 1.807) is 0 Å². The van der Waals surface area contributed by atoms with Crippen molar-refractivity contribution in [1.29, 1.82) is 0 Å². The van der Waals surface area contributed by atoms with Crippen LogP contribution in [0.25, 0.3) is 0 Å². The summed E-state index contributed by atoms with van der Waals surface area (Å²) < 4.78 is 30.1. The molecule has 0 aliphatic heterocycles. The fourth-order valence-electron chi connectivity index (χ4n) is 0.972. The van der Waals surface area contributed by atoms with Crippen molar-refractivity contribution in [3.05, 3.63) is 29.8 Å². The van der Waals surface area contributed by atoms with Crippen LogP contribution in [0.1, 0.15) is 10.8 Å². The number of hydrogen-bond donors (Lipinski definition) is 2. The van der Waals surface area contributed by atoms with Crippen LogP contribution in [0, 0.1) is 0 Å². The Hall–Kier alpha value is -1.40. The third kappa shape index (κ3) is 2.30. The van der Waals surface area contributed by atoms with Gasteiger partial charge in [-0.15, -0.1) is 0 Å². The molecule has 0 bridgehead atoms. The first-order chi connectivity index (χ1) is 6.45. The third-order valence-electron chi connectivity index (χ3n) is 1.64. The molecule has 75 valence electrons. The monoisotopic (exact) mass is 214 g/mol. The van der Waals surface area contributed by atoms with Crippen molar-refractivity contribution in [3.63, 3.8) is 0 Å². The maximum atomic E-state index is 10.7. The van der Waals surface area contributed by atoms with E-state index in [2.05, 4.69) is 0 Å². The van der Waals surface area contributed by atoms with Crippen molar-refractivity contribution >= 4 is 22.1 Å². The SMILES string of the molecule is Nc1ccc(C([C]=O)S(=O)(=O)O)cc1. The normalized spacial score (nSPS) is 13.5. The minimum Gasteiger partial charge on any atom is -0.399 e. The summed E-state index contributed by atoms with van der Waals surface area (Å²) in [6.07, 6.45) is 1.25. The molecule has 14 heavy (non-hydrogen) atoms. The highest BCUT2D eigenvalue weighted by atomic mass is 32.2. The smallest absolute Gasteiger partial charge is 0.279 e. The zero-order valence-electron chi connectivity index (χ0n) is 7.04. The Kier molecular flexibility index (Phi) is 2.87. The van der Waals surface area contributed by atoms with E-state index in [9.17, 15) is 13.2 Å². The Balaban J connectivity index is 3.15. The summed E-state index contributed by atoms with van der Waals surface area (Å²) in [5.74, 6) is 0. The van der Waals surface area contributed by atoms with Crippen LogP contribution in [-0.2, 0) is 14.9 Å². The molecule has 0 amide bonds. The molecule has 0 saturated carbocycles. The number of carbonyl (C=O) groups excluding carboxylic acids is 1. The van der Waals surface area contributed by atoms with Gasteiger partial charge in [0, 0.05) is 5.69 Å². The van der Waals surface area contributed by atoms with Gasteiger partial charge in [-0.25, -0.2) is 0 Å². The molecule has 1 unspecified atom stereocenters. The quantitative estimate of drug-likeness (QED) is 0.557. The molecular weight excluding hydrogens is 206 g/mol. The van der Waals surface area contributed by atoms with E-state index in [0.29, 0.717) is 5.69 Å². The number of benzene rings is 1. The molecular formula is C8H8NO4S. The summed E-state index contributed by atoms with van der Waals surface area (Å²) in [6.45, 7) is 0. The first-order valence-electron chi connectivity index (χ1n) is 3.64. The third-order valence-corrected chi connectivity index (χ3v) is 2.61. The molecule has 0 saturated heterocycles. The summed E-state index contributed by atoms with van der Waals surface area (Å²) in [5, 5.41) is -1.66. The molecule has 0 spiro atoms. The lowest BCUT2D eigenvalue weighted by Gasteiger charge is -2.05. The molecule has 1 rings (SSSR count). The van der Waals surface area contributed by atoms with E-state index < -0.39 is 15.4 Å². The standard InChI is InChI=1S/C8H8NO4S/c9-7-3-1-6(2-4-7)8(5-10)14(11,12)13/h1-4,8H,9H2,(H,11,12,13). The average molecular weight is 214 g/mol. The second-order valence-electron chi connectivity index (χ2n) is 2.68. The van der Waals surface area contributed by atoms with Gasteiger partial charge in [-0.1, -0.05) is 12.1 Å². The Morgan fingerprint density at radius 3 is 2.14 bits per heavy atom. The molecule has 0 fully saturated rings. The molecule has 1 radical (unpaired) electrons. The van der Waals surface area contributed by atoms with Crippen LogP contribution in [0.2, 0.25) is 0 Å². The van der Waals surface area contributed by atoms with Crippen LogP contribution < -0.4 is 5.73 Å². The molecule has 1 aromatic carbocycles. The molecule has 0 aliphatic rings. The van der Waals surface area contributed by atoms with Crippen molar-refractivity contribution < 1.29 is 17.8 Å². The zero-order chi connectivity index (χ0) is 10.8. The summed E-state index contributed by atoms with van der Waals surface area (Å²) in [7, 11) is -4.45. The largest absolute Gasteiger partial charge is 0.399 e. The predicted octanol–water partition coefficient (Wildman–Crippen LogP) is 0.307. The molecule has 6 heteroatoms. The van der Waals surface area contributed by atoms with E-state index in [0.717, 1.165) is 0 Å². The summed E-state index contributed by atoms with van der Waals surface area (Å²) >= 11 is 0. The van der Waals surface area contributed by atoms with Gasteiger partial charge in [0.05, 0.1) is 0 Å². The van der Waals surface area contributed by atoms with E-state index >= 15 is 0 Å². The molecule has 5 nitrogen and oxygen atoms in total. The van der Waals surface area contributed by atoms with Gasteiger partial charge in [0.2, 0.25) is 6.29 Å². The van der Waals surface area contributed by atoms with Gasteiger partial charge in [-0.3, -0.25) is 9.35 Å². The van der Waals surface area contributed by atoms with Gasteiger partial charge >= 0.3 is 0 Å². The molecule has 0 aliphatic carbocycles. The van der Waals surface area contributed by atoms with Crippen LogP contribution in [0.5, 0.6) is 0 Å². The van der Waals surface area contributed by atoms with Gasteiger partial charge in [0.1, 0.15) is 0 Å². The first kappa shape index (κ1) is 10.7. The van der Waals surface area contributed by atoms with Crippen molar-refractivity contribution in [2.24, 2.45) is 0 Å². The summed E-state index contributed by atoms with van der Waals surface area (Å²) in [4.78, 5) is 10.3. The van der Waals surface area contributed by atoms with Crippen molar-refractivity contribution in [1.82, 2.24) is 0 Å². The van der Waals surface area contributed by atoms with Crippen molar-refractivity contribution in [3.8, 4) is 0 Å². The minimum absolute atomic E-state index is 0.136. The fraction of sp³-hybridized carbons (Fsp3) is 0.125. The highest BCUT2D eigenvalue weighted by molar-refractivity contribution is 7.86. The number of nitrogens with two attached hydrogens (primary N) is 1. The minimum atomic E-state index is -4.45. The highest BCUT2D eigenvalue weighted by Gasteiger charge is 2.25. The van der Waals surface area contributed by atoms with E-state index in [-0.39, 0.29) is 5.56 Å². The summed E-state index contributed by atoms with van der Waals surface area (Å²) in [5.41, 5.74) is 5.94. The summed E-state index contributed by atoms with van der Waals surface area (Å²) in [6, 6.07) is 5.56. The van der Waals surface area contributed by atoms with E-state index in [4.69, 9.17) is 10.3 Å². The highest BCUT2D eigenvalue weighted by Crippen LogP contribution is 2.19. The lowest BCUT2D eigenvalue weighted by atomic mass is 10.1. The molecule has 3 N–H and O–H groups in total. The number of anilines is 1. The molecule has 1 aromatic rings. The van der Waals surface area contributed by atoms with Gasteiger partial charge in [-0.2, -0.15) is 8.42 Å². The number of nitrogen functional groups attached to an aromatic ring is 1. The second kappa shape index (κ2) is 3.77. The van der Waals surface area contributed by atoms with Gasteiger partial charge in [0.15, 0.2) is 5.25 Å². The Morgan fingerprint density at radius 2 is 1.79 bits per heavy atom.